The van der Waals surface area contributed by atoms with E-state index in [1.807, 2.05) is 0 Å². The minimum atomic E-state index is -0.0680. The van der Waals surface area contributed by atoms with Gasteiger partial charge in [0, 0.05) is 32.2 Å². The average molecular weight is 287 g/mol. The Labute approximate surface area is 127 Å². The van der Waals surface area contributed by atoms with Crippen LogP contribution >= 0.6 is 0 Å². The van der Waals surface area contributed by atoms with Gasteiger partial charge in [0.25, 0.3) is 0 Å². The summed E-state index contributed by atoms with van der Waals surface area (Å²) in [4.78, 5) is 15.6. The van der Waals surface area contributed by atoms with E-state index in [4.69, 9.17) is 0 Å². The van der Waals surface area contributed by atoms with Gasteiger partial charge in [-0.15, -0.1) is 0 Å². The van der Waals surface area contributed by atoms with Crippen molar-refractivity contribution < 1.29 is 4.79 Å². The predicted molar refractivity (Wildman–Crippen MR) is 83.9 cm³/mol. The molecule has 1 N–H and O–H groups in total. The number of rotatable bonds is 5. The second-order valence-corrected chi connectivity index (χ2v) is 6.62. The van der Waals surface area contributed by atoms with Crippen LogP contribution in [0.1, 0.15) is 30.9 Å². The van der Waals surface area contributed by atoms with Crippen LogP contribution < -0.4 is 5.32 Å². The van der Waals surface area contributed by atoms with Crippen LogP contribution in [0.4, 0.5) is 0 Å². The fourth-order valence-electron chi connectivity index (χ4n) is 3.33. The zero-order chi connectivity index (χ0) is 14.9. The van der Waals surface area contributed by atoms with Gasteiger partial charge >= 0.3 is 0 Å². The van der Waals surface area contributed by atoms with Crippen molar-refractivity contribution in [2.45, 2.75) is 37.9 Å². The Morgan fingerprint density at radius 2 is 2.00 bits per heavy atom. The third-order valence-electron chi connectivity index (χ3n) is 4.95. The lowest BCUT2D eigenvalue weighted by Crippen LogP contribution is -2.49. The minimum absolute atomic E-state index is 0.0680. The highest BCUT2D eigenvalue weighted by Crippen LogP contribution is 2.45. The summed E-state index contributed by atoms with van der Waals surface area (Å²) >= 11 is 0. The number of piperazine rings is 1. The number of hydrogen-bond donors (Lipinski definition) is 1. The second kappa shape index (κ2) is 5.78. The lowest BCUT2D eigenvalue weighted by molar-refractivity contribution is -0.110. The van der Waals surface area contributed by atoms with E-state index < -0.39 is 0 Å². The molecule has 0 spiro atoms. The first-order chi connectivity index (χ1) is 10.1. The van der Waals surface area contributed by atoms with Gasteiger partial charge in [-0.25, -0.2) is 0 Å². The van der Waals surface area contributed by atoms with Crippen molar-refractivity contribution in [1.82, 2.24) is 15.1 Å². The number of benzene rings is 1. The van der Waals surface area contributed by atoms with Gasteiger partial charge in [0.15, 0.2) is 0 Å². The third kappa shape index (κ3) is 3.11. The molecular weight excluding hydrogens is 262 g/mol. The van der Waals surface area contributed by atoms with Crippen LogP contribution in [-0.4, -0.2) is 48.9 Å². The summed E-state index contributed by atoms with van der Waals surface area (Å²) in [7, 11) is 2.19. The van der Waals surface area contributed by atoms with E-state index in [2.05, 4.69) is 53.4 Å². The van der Waals surface area contributed by atoms with Crippen molar-refractivity contribution >= 4 is 6.41 Å². The van der Waals surface area contributed by atoms with Crippen molar-refractivity contribution in [1.29, 1.82) is 0 Å². The molecule has 2 aliphatic rings. The quantitative estimate of drug-likeness (QED) is 0.835. The zero-order valence-electron chi connectivity index (χ0n) is 13.0. The normalized spacial score (nSPS) is 25.5. The first kappa shape index (κ1) is 14.5. The average Bonchev–Trinajstić information content (AvgIpc) is 3.24. The van der Waals surface area contributed by atoms with Gasteiger partial charge in [0.1, 0.15) is 0 Å². The molecule has 1 aromatic carbocycles. The summed E-state index contributed by atoms with van der Waals surface area (Å²) in [6.07, 6.45) is 2.94. The van der Waals surface area contributed by atoms with Crippen molar-refractivity contribution in [3.05, 3.63) is 35.4 Å². The van der Waals surface area contributed by atoms with Crippen LogP contribution in [0.5, 0.6) is 0 Å². The van der Waals surface area contributed by atoms with Gasteiger partial charge in [-0.2, -0.15) is 0 Å². The summed E-state index contributed by atoms with van der Waals surface area (Å²) in [5, 5.41) is 2.97. The van der Waals surface area contributed by atoms with E-state index in [9.17, 15) is 4.79 Å². The van der Waals surface area contributed by atoms with Crippen LogP contribution in [0.2, 0.25) is 0 Å². The molecule has 3 rings (SSSR count). The Morgan fingerprint density at radius 1 is 1.29 bits per heavy atom. The number of carbonyl (C=O) groups is 1. The van der Waals surface area contributed by atoms with Gasteiger partial charge in [-0.3, -0.25) is 9.69 Å². The molecule has 0 aromatic heterocycles. The first-order valence-corrected chi connectivity index (χ1v) is 7.86. The molecule has 4 nitrogen and oxygen atoms in total. The summed E-state index contributed by atoms with van der Waals surface area (Å²) in [6.45, 7) is 6.75. The molecule has 1 aliphatic carbocycles. The summed E-state index contributed by atoms with van der Waals surface area (Å²) in [6, 6.07) is 9.40. The van der Waals surface area contributed by atoms with E-state index in [0.29, 0.717) is 6.04 Å². The molecule has 0 bridgehead atoms. The Morgan fingerprint density at radius 3 is 2.57 bits per heavy atom. The van der Waals surface area contributed by atoms with E-state index in [0.717, 1.165) is 45.4 Å². The van der Waals surface area contributed by atoms with Crippen LogP contribution in [0.25, 0.3) is 0 Å². The van der Waals surface area contributed by atoms with Crippen LogP contribution in [0.3, 0.4) is 0 Å². The summed E-state index contributed by atoms with van der Waals surface area (Å²) < 4.78 is 0. The highest BCUT2D eigenvalue weighted by Gasteiger charge is 2.43. The van der Waals surface area contributed by atoms with E-state index in [1.54, 1.807) is 0 Å². The second-order valence-electron chi connectivity index (χ2n) is 6.62. The molecule has 1 saturated heterocycles. The van der Waals surface area contributed by atoms with E-state index >= 15 is 0 Å². The fourth-order valence-corrected chi connectivity index (χ4v) is 3.33. The maximum atomic E-state index is 10.7. The fraction of sp³-hybridized carbons (Fsp3) is 0.588. The number of hydrogen-bond acceptors (Lipinski definition) is 3. The molecule has 1 aromatic rings. The lowest BCUT2D eigenvalue weighted by Gasteiger charge is -2.38. The molecule has 1 unspecified atom stereocenters. The Hall–Kier alpha value is -1.39. The highest BCUT2D eigenvalue weighted by molar-refractivity contribution is 5.51. The molecule has 21 heavy (non-hydrogen) atoms. The number of amides is 1. The number of nitrogens with zero attached hydrogens (tertiary/aromatic N) is 2. The smallest absolute Gasteiger partial charge is 0.207 e. The van der Waals surface area contributed by atoms with Crippen molar-refractivity contribution in [3.63, 3.8) is 0 Å². The molecule has 1 aliphatic heterocycles. The number of likely N-dealkylation sites (N-methyl/N-ethyl adjacent to an activating group) is 1. The zero-order valence-corrected chi connectivity index (χ0v) is 13.0. The maximum absolute atomic E-state index is 10.7. The van der Waals surface area contributed by atoms with Gasteiger partial charge in [0.05, 0.1) is 5.54 Å². The number of nitrogens with one attached hydrogen (secondary N) is 1. The monoisotopic (exact) mass is 287 g/mol. The topological polar surface area (TPSA) is 35.6 Å². The summed E-state index contributed by atoms with van der Waals surface area (Å²) in [5.41, 5.74) is 2.53. The standard InChI is InChI=1S/C17H25N3O/c1-14-11-19(2)9-10-20(14)12-15-3-5-16(6-4-15)17(7-8-17)18-13-21/h3-6,13-14H,7-12H2,1-2H3,(H,18,21). The molecule has 2 fully saturated rings. The third-order valence-corrected chi connectivity index (χ3v) is 4.95. The minimum Gasteiger partial charge on any atom is -0.349 e. The predicted octanol–water partition coefficient (Wildman–Crippen LogP) is 1.56. The highest BCUT2D eigenvalue weighted by atomic mass is 16.1. The Kier molecular flexibility index (Phi) is 4.00. The summed E-state index contributed by atoms with van der Waals surface area (Å²) in [5.74, 6) is 0. The van der Waals surface area contributed by atoms with Crippen molar-refractivity contribution in [2.75, 3.05) is 26.7 Å². The molecular formula is C17H25N3O. The first-order valence-electron chi connectivity index (χ1n) is 7.86. The van der Waals surface area contributed by atoms with Gasteiger partial charge in [0.2, 0.25) is 6.41 Å². The van der Waals surface area contributed by atoms with Gasteiger partial charge in [-0.1, -0.05) is 24.3 Å². The molecule has 1 amide bonds. The lowest BCUT2D eigenvalue weighted by atomic mass is 10.0. The Bertz CT molecular complexity index is 495. The van der Waals surface area contributed by atoms with Gasteiger partial charge < -0.3 is 10.2 Å². The van der Waals surface area contributed by atoms with Crippen LogP contribution in [0, 0.1) is 0 Å². The number of carbonyl (C=O) groups excluding carboxylic acids is 1. The molecule has 0 radical (unpaired) electrons. The molecule has 4 heteroatoms. The maximum Gasteiger partial charge on any atom is 0.207 e. The van der Waals surface area contributed by atoms with Crippen molar-refractivity contribution in [2.24, 2.45) is 0 Å². The molecule has 114 valence electrons. The van der Waals surface area contributed by atoms with E-state index in [-0.39, 0.29) is 5.54 Å². The van der Waals surface area contributed by atoms with Gasteiger partial charge in [-0.05, 0) is 37.9 Å². The largest absolute Gasteiger partial charge is 0.349 e. The van der Waals surface area contributed by atoms with Crippen LogP contribution in [-0.2, 0) is 16.9 Å². The molecule has 1 heterocycles. The SMILES string of the molecule is CC1CN(C)CCN1Cc1ccc(C2(NC=O)CC2)cc1. The van der Waals surface area contributed by atoms with E-state index in [1.165, 1.54) is 11.1 Å². The Balaban J connectivity index is 1.64. The molecule has 1 atom stereocenters. The van der Waals surface area contributed by atoms with Crippen molar-refractivity contribution in [3.8, 4) is 0 Å². The van der Waals surface area contributed by atoms with Crippen LogP contribution in [0.15, 0.2) is 24.3 Å². The molecule has 1 saturated carbocycles.